The number of nitrogens with zero attached hydrogens (tertiary/aromatic N) is 2. The van der Waals surface area contributed by atoms with Crippen molar-refractivity contribution in [2.45, 2.75) is 0 Å². The molecule has 0 spiro atoms. The molecule has 78 valence electrons. The Bertz CT molecular complexity index is 341. The van der Waals surface area contributed by atoms with Gasteiger partial charge in [0.1, 0.15) is 18.2 Å². The molecular weight excluding hydrogens is 192 g/mol. The van der Waals surface area contributed by atoms with Gasteiger partial charge in [-0.25, -0.2) is 4.98 Å². The molecule has 0 bridgehead atoms. The molecule has 1 rings (SSSR count). The number of carbonyl (C=O) groups is 1. The van der Waals surface area contributed by atoms with Crippen molar-refractivity contribution in [1.29, 1.82) is 5.26 Å². The van der Waals surface area contributed by atoms with Gasteiger partial charge in [-0.3, -0.25) is 0 Å². The van der Waals surface area contributed by atoms with E-state index < -0.39 is 0 Å². The monoisotopic (exact) mass is 204 g/mol. The number of nitriles is 1. The second-order valence-corrected chi connectivity index (χ2v) is 2.84. The summed E-state index contributed by atoms with van der Waals surface area (Å²) in [7, 11) is 0. The molecule has 15 heavy (non-hydrogen) atoms. The maximum absolute atomic E-state index is 9.98. The van der Waals surface area contributed by atoms with Crippen molar-refractivity contribution < 1.29 is 4.79 Å². The maximum atomic E-state index is 9.98. The van der Waals surface area contributed by atoms with E-state index in [4.69, 9.17) is 5.26 Å². The van der Waals surface area contributed by atoms with Crippen LogP contribution in [0.3, 0.4) is 0 Å². The first kappa shape index (κ1) is 11.1. The molecule has 0 aromatic carbocycles. The molecule has 0 atom stereocenters. The molecule has 0 saturated heterocycles. The van der Waals surface area contributed by atoms with Gasteiger partial charge in [0.2, 0.25) is 0 Å². The zero-order valence-corrected chi connectivity index (χ0v) is 8.23. The smallest absolute Gasteiger partial charge is 0.133 e. The normalized spacial score (nSPS) is 9.27. The number of aromatic nitrogens is 1. The summed E-state index contributed by atoms with van der Waals surface area (Å²) in [6, 6.07) is 5.45. The molecule has 0 aliphatic heterocycles. The van der Waals surface area contributed by atoms with E-state index in [0.29, 0.717) is 25.2 Å². The first-order valence-electron chi connectivity index (χ1n) is 4.61. The second kappa shape index (κ2) is 6.51. The summed E-state index contributed by atoms with van der Waals surface area (Å²) in [6.07, 6.45) is 2.33. The molecule has 0 saturated carbocycles. The molecule has 2 N–H and O–H groups in total. The van der Waals surface area contributed by atoms with Crippen LogP contribution in [0.15, 0.2) is 18.3 Å². The van der Waals surface area contributed by atoms with Gasteiger partial charge in [-0.15, -0.1) is 0 Å². The van der Waals surface area contributed by atoms with Crippen molar-refractivity contribution in [2.75, 3.05) is 25.0 Å². The van der Waals surface area contributed by atoms with Gasteiger partial charge in [0.05, 0.1) is 12.1 Å². The summed E-state index contributed by atoms with van der Waals surface area (Å²) in [6.45, 7) is 1.75. The highest BCUT2D eigenvalue weighted by atomic mass is 16.1. The van der Waals surface area contributed by atoms with Crippen LogP contribution in [0, 0.1) is 11.3 Å². The largest absolute Gasteiger partial charge is 0.369 e. The Hall–Kier alpha value is -1.93. The molecule has 0 fully saturated rings. The highest BCUT2D eigenvalue weighted by Gasteiger charge is 1.93. The number of anilines is 1. The Morgan fingerprint density at radius 1 is 1.47 bits per heavy atom. The minimum atomic E-state index is 0.364. The summed E-state index contributed by atoms with van der Waals surface area (Å²) < 4.78 is 0. The Morgan fingerprint density at radius 3 is 2.93 bits per heavy atom. The van der Waals surface area contributed by atoms with Crippen molar-refractivity contribution in [1.82, 2.24) is 10.3 Å². The van der Waals surface area contributed by atoms with Gasteiger partial charge in [0, 0.05) is 19.3 Å². The second-order valence-electron chi connectivity index (χ2n) is 2.84. The number of nitrogens with one attached hydrogen (secondary N) is 2. The molecule has 0 aliphatic rings. The molecule has 0 aliphatic carbocycles. The van der Waals surface area contributed by atoms with Crippen LogP contribution in [0.25, 0.3) is 0 Å². The van der Waals surface area contributed by atoms with Crippen LogP contribution in [0.5, 0.6) is 0 Å². The minimum Gasteiger partial charge on any atom is -0.369 e. The zero-order chi connectivity index (χ0) is 10.9. The van der Waals surface area contributed by atoms with Gasteiger partial charge in [0.15, 0.2) is 0 Å². The van der Waals surface area contributed by atoms with E-state index in [1.165, 1.54) is 6.20 Å². The third kappa shape index (κ3) is 4.20. The predicted molar refractivity (Wildman–Crippen MR) is 56.4 cm³/mol. The molecule has 5 nitrogen and oxygen atoms in total. The van der Waals surface area contributed by atoms with E-state index >= 15 is 0 Å². The van der Waals surface area contributed by atoms with Gasteiger partial charge in [-0.2, -0.15) is 5.26 Å². The summed E-state index contributed by atoms with van der Waals surface area (Å²) in [4.78, 5) is 14.0. The Balaban J connectivity index is 2.26. The van der Waals surface area contributed by atoms with Crippen LogP contribution in [0.2, 0.25) is 0 Å². The van der Waals surface area contributed by atoms with Crippen LogP contribution in [-0.4, -0.2) is 30.9 Å². The number of aldehydes is 1. The van der Waals surface area contributed by atoms with Crippen molar-refractivity contribution in [3.8, 4) is 6.07 Å². The maximum Gasteiger partial charge on any atom is 0.133 e. The Morgan fingerprint density at radius 2 is 2.33 bits per heavy atom. The predicted octanol–water partition coefficient (Wildman–Crippen LogP) is 0.154. The SMILES string of the molecule is N#Cc1ccc(NCCNCC=O)nc1. The molecule has 1 aromatic heterocycles. The highest BCUT2D eigenvalue weighted by Crippen LogP contribution is 2.02. The molecule has 1 aromatic rings. The first-order valence-corrected chi connectivity index (χ1v) is 4.61. The van der Waals surface area contributed by atoms with E-state index in [1.54, 1.807) is 12.1 Å². The Labute approximate surface area is 88.1 Å². The standard InChI is InChI=1S/C10H12N4O/c11-7-9-1-2-10(14-8-9)13-4-3-12-5-6-15/h1-2,6,8,12H,3-5H2,(H,13,14). The number of rotatable bonds is 6. The zero-order valence-electron chi connectivity index (χ0n) is 8.23. The molecule has 5 heteroatoms. The Kier molecular flexibility index (Phi) is 4.84. The van der Waals surface area contributed by atoms with Gasteiger partial charge in [-0.1, -0.05) is 0 Å². The number of carbonyl (C=O) groups excluding carboxylic acids is 1. The van der Waals surface area contributed by atoms with Crippen molar-refractivity contribution >= 4 is 12.1 Å². The van der Waals surface area contributed by atoms with Gasteiger partial charge >= 0.3 is 0 Å². The summed E-state index contributed by atoms with van der Waals surface area (Å²) >= 11 is 0. The average molecular weight is 204 g/mol. The molecule has 0 unspecified atom stereocenters. The van der Waals surface area contributed by atoms with Crippen LogP contribution in [-0.2, 0) is 4.79 Å². The van der Waals surface area contributed by atoms with E-state index in [9.17, 15) is 4.79 Å². The third-order valence-corrected chi connectivity index (χ3v) is 1.73. The van der Waals surface area contributed by atoms with Crippen molar-refractivity contribution in [3.63, 3.8) is 0 Å². The van der Waals surface area contributed by atoms with E-state index in [2.05, 4.69) is 15.6 Å². The average Bonchev–Trinajstić information content (AvgIpc) is 2.30. The van der Waals surface area contributed by atoms with Crippen molar-refractivity contribution in [2.24, 2.45) is 0 Å². The lowest BCUT2D eigenvalue weighted by atomic mass is 10.3. The molecule has 0 radical (unpaired) electrons. The van der Waals surface area contributed by atoms with Gasteiger partial charge in [-0.05, 0) is 12.1 Å². The van der Waals surface area contributed by atoms with Gasteiger partial charge < -0.3 is 15.4 Å². The number of pyridine rings is 1. The van der Waals surface area contributed by atoms with Gasteiger partial charge in [0.25, 0.3) is 0 Å². The topological polar surface area (TPSA) is 77.8 Å². The highest BCUT2D eigenvalue weighted by molar-refractivity contribution is 5.51. The molecular formula is C10H12N4O. The van der Waals surface area contributed by atoms with E-state index in [-0.39, 0.29) is 0 Å². The molecule has 1 heterocycles. The fourth-order valence-corrected chi connectivity index (χ4v) is 1.00. The first-order chi connectivity index (χ1) is 7.36. The minimum absolute atomic E-state index is 0.364. The quantitative estimate of drug-likeness (QED) is 0.509. The lowest BCUT2D eigenvalue weighted by Crippen LogP contribution is -2.23. The summed E-state index contributed by atoms with van der Waals surface area (Å²) in [5.41, 5.74) is 0.541. The lowest BCUT2D eigenvalue weighted by molar-refractivity contribution is -0.107. The lowest BCUT2D eigenvalue weighted by Gasteiger charge is -2.04. The van der Waals surface area contributed by atoms with Crippen molar-refractivity contribution in [3.05, 3.63) is 23.9 Å². The third-order valence-electron chi connectivity index (χ3n) is 1.73. The van der Waals surface area contributed by atoms with Crippen LogP contribution >= 0.6 is 0 Å². The summed E-state index contributed by atoms with van der Waals surface area (Å²) in [5, 5.41) is 14.5. The van der Waals surface area contributed by atoms with Crippen LogP contribution in [0.4, 0.5) is 5.82 Å². The van der Waals surface area contributed by atoms with E-state index in [1.807, 2.05) is 6.07 Å². The van der Waals surface area contributed by atoms with E-state index in [0.717, 1.165) is 12.1 Å². The number of hydrogen-bond acceptors (Lipinski definition) is 5. The fraction of sp³-hybridized carbons (Fsp3) is 0.300. The molecule has 0 amide bonds. The number of hydrogen-bond donors (Lipinski definition) is 2. The van der Waals surface area contributed by atoms with Crippen LogP contribution in [0.1, 0.15) is 5.56 Å². The summed E-state index contributed by atoms with van der Waals surface area (Å²) in [5.74, 6) is 0.724. The fourth-order valence-electron chi connectivity index (χ4n) is 1.00. The van der Waals surface area contributed by atoms with Crippen LogP contribution < -0.4 is 10.6 Å².